The van der Waals surface area contributed by atoms with Gasteiger partial charge in [-0.15, -0.1) is 0 Å². The van der Waals surface area contributed by atoms with E-state index in [9.17, 15) is 19.8 Å². The molecule has 10 nitrogen and oxygen atoms in total. The molecule has 4 aliphatic rings. The van der Waals surface area contributed by atoms with Crippen molar-refractivity contribution < 1.29 is 29.3 Å². The molecular weight excluding hydrogens is 1040 g/mol. The van der Waals surface area contributed by atoms with Crippen LogP contribution in [0.3, 0.4) is 0 Å². The van der Waals surface area contributed by atoms with Crippen molar-refractivity contribution >= 4 is 107 Å². The lowest BCUT2D eigenvalue weighted by atomic mass is 10.0. The van der Waals surface area contributed by atoms with Crippen LogP contribution in [-0.2, 0) is 35.3 Å². The second-order valence-corrected chi connectivity index (χ2v) is 16.7. The average Bonchev–Trinajstić information content (AvgIpc) is 3.04. The number of phenols is 2. The normalized spacial score (nSPS) is 17.6. The molecule has 4 heterocycles. The Labute approximate surface area is 338 Å². The molecule has 16 heteroatoms. The Morgan fingerprint density at radius 1 is 0.540 bits per heavy atom. The summed E-state index contributed by atoms with van der Waals surface area (Å²) in [6.07, 6.45) is 1.36. The van der Waals surface area contributed by atoms with E-state index in [2.05, 4.69) is 106 Å². The molecule has 2 atom stereocenters. The highest BCUT2D eigenvalue weighted by molar-refractivity contribution is 9.11. The number of carbonyl (C=O) groups is 2. The number of amides is 2. The first-order valence-electron chi connectivity index (χ1n) is 15.1. The second kappa shape index (κ2) is 17.1. The van der Waals surface area contributed by atoms with Crippen LogP contribution in [0.2, 0.25) is 0 Å². The van der Waals surface area contributed by atoms with Crippen molar-refractivity contribution in [2.75, 3.05) is 13.1 Å². The Hall–Kier alpha value is -2.18. The molecule has 8 bridgehead atoms. The number of hydrogen-bond acceptors (Lipinski definition) is 8. The summed E-state index contributed by atoms with van der Waals surface area (Å²) in [6, 6.07) is 12.4. The number of halogens is 6. The van der Waals surface area contributed by atoms with Crippen molar-refractivity contribution in [2.24, 2.45) is 11.5 Å². The lowest BCUT2D eigenvalue weighted by molar-refractivity contribution is -0.123. The van der Waals surface area contributed by atoms with Crippen LogP contribution >= 0.6 is 95.6 Å². The van der Waals surface area contributed by atoms with Crippen LogP contribution in [0.4, 0.5) is 0 Å². The minimum atomic E-state index is -0.873. The summed E-state index contributed by atoms with van der Waals surface area (Å²) in [7, 11) is 0. The van der Waals surface area contributed by atoms with Crippen molar-refractivity contribution in [2.45, 2.75) is 37.8 Å². The zero-order valence-electron chi connectivity index (χ0n) is 26.0. The van der Waals surface area contributed by atoms with Crippen molar-refractivity contribution in [1.29, 1.82) is 0 Å². The van der Waals surface area contributed by atoms with Crippen LogP contribution in [0, 0.1) is 0 Å². The van der Waals surface area contributed by atoms with E-state index in [4.69, 9.17) is 20.9 Å². The standard InChI is InChI=1S/C34H30Br6N4O6/c35-19-5-16-2-4-44-33(47)25(41)11-17-9-23(39)32(24(40)10-17)50-28-14-18(8-20(36)30(28)46)12-26(42)34(48)43-3-1-15-6-21(37)31(22(38)7-15)49-27(13-16)29(19)45/h5-10,13-14,25-26,45-46H,1-4,11-12,41-42H2,(H,43,48)(H,44,47)/t25-,26-/m0/s1. The van der Waals surface area contributed by atoms with Crippen LogP contribution in [-0.4, -0.2) is 47.2 Å². The molecule has 4 aromatic rings. The van der Waals surface area contributed by atoms with E-state index in [1.165, 1.54) is 0 Å². The van der Waals surface area contributed by atoms with Gasteiger partial charge in [-0.1, -0.05) is 0 Å². The van der Waals surface area contributed by atoms with Gasteiger partial charge in [0.1, 0.15) is 0 Å². The first-order chi connectivity index (χ1) is 23.7. The fraction of sp³-hybridized carbons (Fsp3) is 0.235. The second-order valence-electron chi connectivity index (χ2n) is 11.5. The summed E-state index contributed by atoms with van der Waals surface area (Å²) >= 11 is 21.0. The van der Waals surface area contributed by atoms with E-state index in [1.54, 1.807) is 36.4 Å². The van der Waals surface area contributed by atoms with Crippen LogP contribution in [0.15, 0.2) is 75.4 Å². The molecule has 50 heavy (non-hydrogen) atoms. The molecule has 0 aliphatic carbocycles. The molecule has 8 rings (SSSR count). The van der Waals surface area contributed by atoms with Gasteiger partial charge in [-0.3, -0.25) is 9.59 Å². The Morgan fingerprint density at radius 2 is 0.860 bits per heavy atom. The number of ether oxygens (including phenoxy) is 2. The van der Waals surface area contributed by atoms with Crippen LogP contribution in [0.25, 0.3) is 0 Å². The largest absolute Gasteiger partial charge is 0.503 e. The molecule has 264 valence electrons. The third kappa shape index (κ3) is 9.62. The van der Waals surface area contributed by atoms with Gasteiger partial charge < -0.3 is 41.8 Å². The van der Waals surface area contributed by atoms with E-state index in [0.29, 0.717) is 69.8 Å². The lowest BCUT2D eigenvalue weighted by Gasteiger charge is -2.18. The Balaban J connectivity index is 1.45. The number of rotatable bonds is 0. The van der Waals surface area contributed by atoms with Crippen LogP contribution in [0.5, 0.6) is 34.5 Å². The van der Waals surface area contributed by atoms with E-state index >= 15 is 0 Å². The van der Waals surface area contributed by atoms with Crippen molar-refractivity contribution in [3.8, 4) is 34.5 Å². The zero-order chi connectivity index (χ0) is 36.3. The molecule has 0 saturated carbocycles. The maximum absolute atomic E-state index is 13.0. The first kappa shape index (κ1) is 39.0. The Bertz CT molecular complexity index is 1920. The number of aromatic hydroxyl groups is 2. The van der Waals surface area contributed by atoms with E-state index in [-0.39, 0.29) is 47.7 Å². The average molecular weight is 1070 g/mol. The number of carbonyl (C=O) groups excluding carboxylic acids is 2. The fourth-order valence-corrected chi connectivity index (χ4v) is 9.05. The number of nitrogens with one attached hydrogen (secondary N) is 2. The summed E-state index contributed by atoms with van der Waals surface area (Å²) in [6.45, 7) is 0.625. The van der Waals surface area contributed by atoms with Crippen molar-refractivity contribution in [1.82, 2.24) is 10.6 Å². The van der Waals surface area contributed by atoms with Gasteiger partial charge in [0.25, 0.3) is 0 Å². The number of hydrogen-bond donors (Lipinski definition) is 6. The van der Waals surface area contributed by atoms with Crippen molar-refractivity contribution in [3.05, 3.63) is 97.6 Å². The highest BCUT2D eigenvalue weighted by atomic mass is 79.9. The topological polar surface area (TPSA) is 169 Å². The number of nitrogens with two attached hydrogens (primary N) is 2. The molecule has 0 unspecified atom stereocenters. The van der Waals surface area contributed by atoms with Gasteiger partial charge in [0.05, 0.1) is 38.9 Å². The summed E-state index contributed by atoms with van der Waals surface area (Å²) in [5.74, 6) is 0.332. The molecule has 4 aliphatic heterocycles. The minimum Gasteiger partial charge on any atom is -0.503 e. The smallest absolute Gasteiger partial charge is 0.237 e. The molecule has 0 radical (unpaired) electrons. The third-order valence-electron chi connectivity index (χ3n) is 7.73. The monoisotopic (exact) mass is 1060 g/mol. The zero-order valence-corrected chi connectivity index (χ0v) is 35.5. The molecule has 0 fully saturated rings. The van der Waals surface area contributed by atoms with Gasteiger partial charge >= 0.3 is 0 Å². The molecule has 4 aromatic carbocycles. The van der Waals surface area contributed by atoms with Gasteiger partial charge in [0, 0.05) is 13.1 Å². The summed E-state index contributed by atoms with van der Waals surface area (Å²) in [4.78, 5) is 25.9. The van der Waals surface area contributed by atoms with Gasteiger partial charge in [-0.2, -0.15) is 0 Å². The predicted molar refractivity (Wildman–Crippen MR) is 212 cm³/mol. The Kier molecular flexibility index (Phi) is 13.4. The first-order valence-corrected chi connectivity index (χ1v) is 19.9. The van der Waals surface area contributed by atoms with E-state index in [0.717, 1.165) is 16.7 Å². The minimum absolute atomic E-state index is 0.0778. The highest BCUT2D eigenvalue weighted by Crippen LogP contribution is 2.45. The molecule has 0 spiro atoms. The summed E-state index contributed by atoms with van der Waals surface area (Å²) in [5.41, 5.74) is 15.7. The molecule has 2 amide bonds. The maximum atomic E-state index is 13.0. The van der Waals surface area contributed by atoms with Crippen LogP contribution in [0.1, 0.15) is 22.3 Å². The predicted octanol–water partition coefficient (Wildman–Crippen LogP) is 8.03. The quantitative estimate of drug-likeness (QED) is 0.103. The number of benzene rings is 4. The molecule has 0 aromatic heterocycles. The van der Waals surface area contributed by atoms with Crippen LogP contribution < -0.4 is 31.6 Å². The molecular formula is C34H30Br6N4O6. The lowest BCUT2D eigenvalue weighted by Crippen LogP contribution is -2.42. The Morgan fingerprint density at radius 3 is 1.30 bits per heavy atom. The molecule has 0 saturated heterocycles. The fourth-order valence-electron chi connectivity index (χ4n) is 5.19. The maximum Gasteiger partial charge on any atom is 0.237 e. The van der Waals surface area contributed by atoms with E-state index < -0.39 is 12.1 Å². The van der Waals surface area contributed by atoms with Gasteiger partial charge in [0.2, 0.25) is 11.8 Å². The van der Waals surface area contributed by atoms with Gasteiger partial charge in [-0.25, -0.2) is 0 Å². The highest BCUT2D eigenvalue weighted by Gasteiger charge is 2.22. The SMILES string of the molecule is N[C@H]1Cc2cc(Br)c(c(Br)c2)Oc2cc(cc(Br)c2O)C[C@H](N)C(=O)NCCc2cc(Br)c(c(Br)c2)Oc2cc(cc(Br)c2O)CCNC1=O. The van der Waals surface area contributed by atoms with Crippen molar-refractivity contribution in [3.63, 3.8) is 0 Å². The van der Waals surface area contributed by atoms with Gasteiger partial charge in [-0.05, 0) is 192 Å². The van der Waals surface area contributed by atoms with Gasteiger partial charge in [0.15, 0.2) is 34.5 Å². The summed E-state index contributed by atoms with van der Waals surface area (Å²) in [5, 5.41) is 27.3. The van der Waals surface area contributed by atoms with E-state index in [1.807, 2.05) is 12.1 Å². The summed E-state index contributed by atoms with van der Waals surface area (Å²) < 4.78 is 15.5. The third-order valence-corrected chi connectivity index (χ3v) is 11.3. The molecule has 8 N–H and O–H groups in total. The number of phenolic OH excluding ortho intramolecular Hbond substituents is 2.